The Labute approximate surface area is 93.0 Å². The summed E-state index contributed by atoms with van der Waals surface area (Å²) in [5, 5.41) is 13.5. The molecule has 88 valence electrons. The minimum atomic E-state index is -0.555. The molecule has 1 rings (SSSR count). The van der Waals surface area contributed by atoms with E-state index in [1.54, 1.807) is 7.05 Å². The molecule has 0 saturated heterocycles. The van der Waals surface area contributed by atoms with Crippen LogP contribution in [-0.2, 0) is 6.42 Å². The lowest BCUT2D eigenvalue weighted by Crippen LogP contribution is -2.07. The lowest BCUT2D eigenvalue weighted by molar-refractivity contribution is -0.385. The maximum absolute atomic E-state index is 10.8. The minimum absolute atomic E-state index is 0.00667. The molecule has 0 aliphatic carbocycles. The monoisotopic (exact) mass is 226 g/mol. The van der Waals surface area contributed by atoms with Crippen LogP contribution in [0.1, 0.15) is 19.2 Å². The number of aromatic nitrogens is 2. The predicted octanol–water partition coefficient (Wildman–Crippen LogP) is 1.39. The van der Waals surface area contributed by atoms with E-state index in [0.717, 1.165) is 6.42 Å². The number of ether oxygens (including phenoxy) is 1. The number of methoxy groups -OCH3 is 1. The molecule has 0 amide bonds. The van der Waals surface area contributed by atoms with Crippen molar-refractivity contribution in [1.82, 2.24) is 9.97 Å². The molecular weight excluding hydrogens is 212 g/mol. The van der Waals surface area contributed by atoms with Gasteiger partial charge in [-0.25, -0.2) is 4.98 Å². The van der Waals surface area contributed by atoms with E-state index in [2.05, 4.69) is 15.3 Å². The zero-order valence-corrected chi connectivity index (χ0v) is 9.48. The summed E-state index contributed by atoms with van der Waals surface area (Å²) in [7, 11) is 2.93. The summed E-state index contributed by atoms with van der Waals surface area (Å²) in [5.74, 6) is 0.711. The van der Waals surface area contributed by atoms with Gasteiger partial charge < -0.3 is 10.1 Å². The molecule has 0 atom stereocenters. The van der Waals surface area contributed by atoms with Gasteiger partial charge in [-0.05, 0) is 6.42 Å². The summed E-state index contributed by atoms with van der Waals surface area (Å²) in [6.45, 7) is 1.98. The standard InChI is InChI=1S/C9H14N4O3/c1-4-5-6-11-8(10-2)7(13(14)15)9(12-6)16-3/h4-5H2,1-3H3,(H,10,11,12). The lowest BCUT2D eigenvalue weighted by Gasteiger charge is -2.07. The van der Waals surface area contributed by atoms with Crippen LogP contribution in [0, 0.1) is 10.1 Å². The molecule has 1 aromatic heterocycles. The third kappa shape index (κ3) is 2.36. The van der Waals surface area contributed by atoms with Crippen molar-refractivity contribution in [2.75, 3.05) is 19.5 Å². The van der Waals surface area contributed by atoms with E-state index in [1.807, 2.05) is 6.92 Å². The van der Waals surface area contributed by atoms with Crippen molar-refractivity contribution in [3.63, 3.8) is 0 Å². The second-order valence-corrected chi connectivity index (χ2v) is 3.10. The number of hydrogen-bond acceptors (Lipinski definition) is 6. The summed E-state index contributed by atoms with van der Waals surface area (Å²) in [6.07, 6.45) is 1.52. The molecule has 1 aromatic rings. The van der Waals surface area contributed by atoms with Gasteiger partial charge in [-0.2, -0.15) is 4.98 Å². The van der Waals surface area contributed by atoms with Gasteiger partial charge in [0.05, 0.1) is 12.0 Å². The fraction of sp³-hybridized carbons (Fsp3) is 0.556. The van der Waals surface area contributed by atoms with E-state index in [9.17, 15) is 10.1 Å². The van der Waals surface area contributed by atoms with Crippen LogP contribution in [0.15, 0.2) is 0 Å². The number of aryl methyl sites for hydroxylation is 1. The average Bonchev–Trinajstić information content (AvgIpc) is 2.27. The summed E-state index contributed by atoms with van der Waals surface area (Å²) in [5.41, 5.74) is -0.232. The zero-order valence-electron chi connectivity index (χ0n) is 9.48. The zero-order chi connectivity index (χ0) is 12.1. The normalized spacial score (nSPS) is 9.94. The molecule has 0 aromatic carbocycles. The van der Waals surface area contributed by atoms with Gasteiger partial charge in [0.25, 0.3) is 5.88 Å². The fourth-order valence-corrected chi connectivity index (χ4v) is 1.30. The molecule has 1 N–H and O–H groups in total. The summed E-state index contributed by atoms with van der Waals surface area (Å²) in [4.78, 5) is 18.3. The maximum Gasteiger partial charge on any atom is 0.372 e. The van der Waals surface area contributed by atoms with Crippen molar-refractivity contribution >= 4 is 11.5 Å². The molecule has 0 saturated carbocycles. The first-order valence-electron chi connectivity index (χ1n) is 4.91. The first kappa shape index (κ1) is 12.2. The smallest absolute Gasteiger partial charge is 0.372 e. The van der Waals surface area contributed by atoms with E-state index in [-0.39, 0.29) is 17.4 Å². The van der Waals surface area contributed by atoms with Crippen molar-refractivity contribution in [3.05, 3.63) is 15.9 Å². The van der Waals surface area contributed by atoms with Crippen LogP contribution < -0.4 is 10.1 Å². The number of hydrogen-bond donors (Lipinski definition) is 1. The van der Waals surface area contributed by atoms with E-state index in [4.69, 9.17) is 4.74 Å². The Morgan fingerprint density at radius 1 is 1.50 bits per heavy atom. The predicted molar refractivity (Wildman–Crippen MR) is 58.8 cm³/mol. The number of nitrogens with one attached hydrogen (secondary N) is 1. The van der Waals surface area contributed by atoms with E-state index >= 15 is 0 Å². The second kappa shape index (κ2) is 5.24. The van der Waals surface area contributed by atoms with Crippen molar-refractivity contribution < 1.29 is 9.66 Å². The highest BCUT2D eigenvalue weighted by molar-refractivity contribution is 5.61. The molecular formula is C9H14N4O3. The van der Waals surface area contributed by atoms with Crippen LogP contribution in [-0.4, -0.2) is 29.0 Å². The number of anilines is 1. The third-order valence-electron chi connectivity index (χ3n) is 1.98. The Kier molecular flexibility index (Phi) is 3.98. The Morgan fingerprint density at radius 3 is 2.62 bits per heavy atom. The fourth-order valence-electron chi connectivity index (χ4n) is 1.30. The molecule has 0 bridgehead atoms. The molecule has 0 aliphatic rings. The van der Waals surface area contributed by atoms with Gasteiger partial charge in [0.2, 0.25) is 5.82 Å². The van der Waals surface area contributed by atoms with Gasteiger partial charge in [-0.1, -0.05) is 6.92 Å². The Morgan fingerprint density at radius 2 is 2.19 bits per heavy atom. The molecule has 0 spiro atoms. The quantitative estimate of drug-likeness (QED) is 0.602. The summed E-state index contributed by atoms with van der Waals surface area (Å²) < 4.78 is 4.90. The highest BCUT2D eigenvalue weighted by Gasteiger charge is 2.24. The highest BCUT2D eigenvalue weighted by atomic mass is 16.6. The highest BCUT2D eigenvalue weighted by Crippen LogP contribution is 2.31. The van der Waals surface area contributed by atoms with Crippen molar-refractivity contribution in [2.45, 2.75) is 19.8 Å². The molecule has 0 radical (unpaired) electrons. The summed E-state index contributed by atoms with van der Waals surface area (Å²) in [6, 6.07) is 0. The first-order chi connectivity index (χ1) is 7.63. The Balaban J connectivity index is 3.31. The van der Waals surface area contributed by atoms with Crippen LogP contribution in [0.2, 0.25) is 0 Å². The van der Waals surface area contributed by atoms with Crippen molar-refractivity contribution in [3.8, 4) is 5.88 Å². The molecule has 16 heavy (non-hydrogen) atoms. The topological polar surface area (TPSA) is 90.2 Å². The number of rotatable bonds is 5. The van der Waals surface area contributed by atoms with Crippen LogP contribution in [0.4, 0.5) is 11.5 Å². The van der Waals surface area contributed by atoms with Gasteiger partial charge in [-0.15, -0.1) is 0 Å². The van der Waals surface area contributed by atoms with Crippen molar-refractivity contribution in [1.29, 1.82) is 0 Å². The molecule has 0 aliphatic heterocycles. The van der Waals surface area contributed by atoms with Crippen LogP contribution in [0.3, 0.4) is 0 Å². The van der Waals surface area contributed by atoms with Gasteiger partial charge in [0.1, 0.15) is 5.82 Å². The summed E-state index contributed by atoms with van der Waals surface area (Å²) >= 11 is 0. The van der Waals surface area contributed by atoms with Gasteiger partial charge in [0.15, 0.2) is 0 Å². The van der Waals surface area contributed by atoms with Gasteiger partial charge in [0, 0.05) is 13.5 Å². The number of nitrogens with zero attached hydrogens (tertiary/aromatic N) is 3. The first-order valence-corrected chi connectivity index (χ1v) is 4.91. The van der Waals surface area contributed by atoms with E-state index < -0.39 is 4.92 Å². The SMILES string of the molecule is CCCc1nc(NC)c([N+](=O)[O-])c(OC)n1. The molecule has 7 heteroatoms. The van der Waals surface area contributed by atoms with E-state index in [0.29, 0.717) is 12.2 Å². The van der Waals surface area contributed by atoms with Crippen LogP contribution >= 0.6 is 0 Å². The number of nitro groups is 1. The largest absolute Gasteiger partial charge is 0.476 e. The average molecular weight is 226 g/mol. The minimum Gasteiger partial charge on any atom is -0.476 e. The molecule has 1 heterocycles. The Bertz CT molecular complexity index is 369. The third-order valence-corrected chi connectivity index (χ3v) is 1.98. The van der Waals surface area contributed by atoms with E-state index in [1.165, 1.54) is 7.11 Å². The van der Waals surface area contributed by atoms with Crippen LogP contribution in [0.25, 0.3) is 0 Å². The molecule has 0 fully saturated rings. The Hall–Kier alpha value is -1.92. The second-order valence-electron chi connectivity index (χ2n) is 3.10. The molecule has 7 nitrogen and oxygen atoms in total. The van der Waals surface area contributed by atoms with Gasteiger partial charge in [-0.3, -0.25) is 10.1 Å². The lowest BCUT2D eigenvalue weighted by atomic mass is 10.3. The van der Waals surface area contributed by atoms with Gasteiger partial charge >= 0.3 is 5.69 Å². The molecule has 0 unspecified atom stereocenters. The van der Waals surface area contributed by atoms with Crippen LogP contribution in [0.5, 0.6) is 5.88 Å². The maximum atomic E-state index is 10.8. The van der Waals surface area contributed by atoms with Crippen molar-refractivity contribution in [2.24, 2.45) is 0 Å².